The van der Waals surface area contributed by atoms with Crippen LogP contribution in [0.4, 0.5) is 0 Å². The summed E-state index contributed by atoms with van der Waals surface area (Å²) in [5, 5.41) is 7.97. The summed E-state index contributed by atoms with van der Waals surface area (Å²) in [7, 11) is 0. The molecular formula is C14H18ClNO. The molecule has 0 heterocycles. The highest BCUT2D eigenvalue weighted by Gasteiger charge is 2.15. The lowest BCUT2D eigenvalue weighted by atomic mass is 9.86. The fourth-order valence-corrected chi connectivity index (χ4v) is 1.54. The number of hydrogen-bond acceptors (Lipinski definition) is 2. The Morgan fingerprint density at radius 2 is 2.06 bits per heavy atom. The molecule has 0 amide bonds. The van der Waals surface area contributed by atoms with Gasteiger partial charge in [-0.1, -0.05) is 32.9 Å². The number of nitrogens with zero attached hydrogens (tertiary/aromatic N) is 1. The van der Waals surface area contributed by atoms with Crippen LogP contribution in [0.3, 0.4) is 0 Å². The Kier molecular flexibility index (Phi) is 4.42. The number of benzene rings is 1. The van der Waals surface area contributed by atoms with Crippen LogP contribution in [0.25, 0.3) is 0 Å². The number of nitriles is 1. The molecule has 0 saturated carbocycles. The van der Waals surface area contributed by atoms with Gasteiger partial charge in [-0.3, -0.25) is 0 Å². The third-order valence-electron chi connectivity index (χ3n) is 2.57. The van der Waals surface area contributed by atoms with Gasteiger partial charge in [0, 0.05) is 0 Å². The first kappa shape index (κ1) is 13.9. The van der Waals surface area contributed by atoms with Crippen molar-refractivity contribution in [3.8, 4) is 11.8 Å². The average molecular weight is 252 g/mol. The predicted molar refractivity (Wildman–Crippen MR) is 70.6 cm³/mol. The van der Waals surface area contributed by atoms with Gasteiger partial charge in [0.2, 0.25) is 0 Å². The number of aryl methyl sites for hydroxylation is 1. The summed E-state index contributed by atoms with van der Waals surface area (Å²) in [5.41, 5.74) is 2.47. The van der Waals surface area contributed by atoms with Gasteiger partial charge >= 0.3 is 0 Å². The van der Waals surface area contributed by atoms with Crippen LogP contribution in [0, 0.1) is 18.3 Å². The molecular weight excluding hydrogens is 234 g/mol. The van der Waals surface area contributed by atoms with Crippen LogP contribution in [0.5, 0.6) is 5.75 Å². The van der Waals surface area contributed by atoms with Crippen molar-refractivity contribution in [1.82, 2.24) is 0 Å². The minimum Gasteiger partial charge on any atom is -0.491 e. The molecule has 0 radical (unpaired) electrons. The molecule has 1 rings (SSSR count). The SMILES string of the molecule is Cc1cc(C(C)(C)C)ccc1OCC(Cl)C#N. The van der Waals surface area contributed by atoms with E-state index in [-0.39, 0.29) is 12.0 Å². The summed E-state index contributed by atoms with van der Waals surface area (Å²) in [6.07, 6.45) is 0. The summed E-state index contributed by atoms with van der Waals surface area (Å²) in [6.45, 7) is 8.74. The van der Waals surface area contributed by atoms with Crippen molar-refractivity contribution in [3.05, 3.63) is 29.3 Å². The Bertz CT molecular complexity index is 429. The van der Waals surface area contributed by atoms with E-state index in [2.05, 4.69) is 32.9 Å². The lowest BCUT2D eigenvalue weighted by molar-refractivity contribution is 0.326. The molecule has 0 fully saturated rings. The monoisotopic (exact) mass is 251 g/mol. The van der Waals surface area contributed by atoms with Crippen LogP contribution < -0.4 is 4.74 Å². The zero-order valence-corrected chi connectivity index (χ0v) is 11.5. The predicted octanol–water partition coefficient (Wildman–Crippen LogP) is 3.80. The van der Waals surface area contributed by atoms with E-state index >= 15 is 0 Å². The van der Waals surface area contributed by atoms with Gasteiger partial charge in [0.1, 0.15) is 12.4 Å². The van der Waals surface area contributed by atoms with E-state index in [4.69, 9.17) is 21.6 Å². The van der Waals surface area contributed by atoms with Gasteiger partial charge in [-0.25, -0.2) is 0 Å². The van der Waals surface area contributed by atoms with Gasteiger partial charge in [0.15, 0.2) is 5.38 Å². The molecule has 0 aliphatic rings. The van der Waals surface area contributed by atoms with E-state index in [0.29, 0.717) is 0 Å². The smallest absolute Gasteiger partial charge is 0.154 e. The van der Waals surface area contributed by atoms with Crippen molar-refractivity contribution in [3.63, 3.8) is 0 Å². The van der Waals surface area contributed by atoms with Gasteiger partial charge in [-0.05, 0) is 29.5 Å². The van der Waals surface area contributed by atoms with Crippen LogP contribution in [-0.2, 0) is 5.41 Å². The molecule has 3 heteroatoms. The third kappa shape index (κ3) is 3.94. The van der Waals surface area contributed by atoms with Gasteiger partial charge < -0.3 is 4.74 Å². The first-order chi connectivity index (χ1) is 7.84. The Morgan fingerprint density at radius 3 is 2.53 bits per heavy atom. The highest BCUT2D eigenvalue weighted by molar-refractivity contribution is 6.22. The van der Waals surface area contributed by atoms with Crippen LogP contribution in [0.15, 0.2) is 18.2 Å². The second kappa shape index (κ2) is 5.42. The van der Waals surface area contributed by atoms with Gasteiger partial charge in [0.25, 0.3) is 0 Å². The van der Waals surface area contributed by atoms with E-state index in [1.165, 1.54) is 5.56 Å². The highest BCUT2D eigenvalue weighted by Crippen LogP contribution is 2.27. The van der Waals surface area contributed by atoms with Crippen molar-refractivity contribution in [2.24, 2.45) is 0 Å². The standard InChI is InChI=1S/C14H18ClNO/c1-10-7-11(14(2,3)4)5-6-13(10)17-9-12(15)8-16/h5-7,12H,9H2,1-4H3. The molecule has 1 aromatic rings. The molecule has 1 atom stereocenters. The highest BCUT2D eigenvalue weighted by atomic mass is 35.5. The molecule has 0 N–H and O–H groups in total. The number of ether oxygens (including phenoxy) is 1. The first-order valence-electron chi connectivity index (χ1n) is 5.62. The fraction of sp³-hybridized carbons (Fsp3) is 0.500. The van der Waals surface area contributed by atoms with E-state index in [1.807, 2.05) is 19.1 Å². The maximum atomic E-state index is 8.57. The zero-order chi connectivity index (χ0) is 13.1. The second-order valence-corrected chi connectivity index (χ2v) is 5.66. The molecule has 0 spiro atoms. The van der Waals surface area contributed by atoms with Crippen molar-refractivity contribution in [2.45, 2.75) is 38.5 Å². The van der Waals surface area contributed by atoms with Crippen molar-refractivity contribution in [2.75, 3.05) is 6.61 Å². The molecule has 1 unspecified atom stereocenters. The van der Waals surface area contributed by atoms with Gasteiger partial charge in [0.05, 0.1) is 6.07 Å². The summed E-state index contributed by atoms with van der Waals surface area (Å²) in [5.74, 6) is 0.791. The summed E-state index contributed by atoms with van der Waals surface area (Å²) in [4.78, 5) is 0. The number of rotatable bonds is 3. The Hall–Kier alpha value is -1.20. The average Bonchev–Trinajstić information content (AvgIpc) is 2.25. The number of hydrogen-bond donors (Lipinski definition) is 0. The molecule has 0 bridgehead atoms. The Labute approximate surface area is 108 Å². The maximum Gasteiger partial charge on any atom is 0.154 e. The van der Waals surface area contributed by atoms with Crippen LogP contribution >= 0.6 is 11.6 Å². The lowest BCUT2D eigenvalue weighted by Gasteiger charge is -2.20. The molecule has 1 aromatic carbocycles. The van der Waals surface area contributed by atoms with Crippen LogP contribution in [-0.4, -0.2) is 12.0 Å². The normalized spacial score (nSPS) is 12.9. The van der Waals surface area contributed by atoms with Crippen molar-refractivity contribution >= 4 is 11.6 Å². The third-order valence-corrected chi connectivity index (χ3v) is 2.79. The summed E-state index contributed by atoms with van der Waals surface area (Å²) < 4.78 is 5.50. The van der Waals surface area contributed by atoms with Crippen molar-refractivity contribution in [1.29, 1.82) is 5.26 Å². The molecule has 0 saturated heterocycles. The van der Waals surface area contributed by atoms with Crippen LogP contribution in [0.2, 0.25) is 0 Å². The summed E-state index contributed by atoms with van der Waals surface area (Å²) >= 11 is 5.69. The first-order valence-corrected chi connectivity index (χ1v) is 6.06. The zero-order valence-electron chi connectivity index (χ0n) is 10.7. The molecule has 92 valence electrons. The van der Waals surface area contributed by atoms with E-state index in [1.54, 1.807) is 0 Å². The lowest BCUT2D eigenvalue weighted by Crippen LogP contribution is -2.13. The minimum atomic E-state index is -0.600. The van der Waals surface area contributed by atoms with Crippen LogP contribution in [0.1, 0.15) is 31.9 Å². The number of alkyl halides is 1. The maximum absolute atomic E-state index is 8.57. The van der Waals surface area contributed by atoms with Gasteiger partial charge in [-0.2, -0.15) is 5.26 Å². The molecule has 0 aliphatic heterocycles. The largest absolute Gasteiger partial charge is 0.491 e. The van der Waals surface area contributed by atoms with E-state index < -0.39 is 5.38 Å². The van der Waals surface area contributed by atoms with Gasteiger partial charge in [-0.15, -0.1) is 11.6 Å². The minimum absolute atomic E-state index is 0.130. The van der Waals surface area contributed by atoms with E-state index in [0.717, 1.165) is 11.3 Å². The molecule has 17 heavy (non-hydrogen) atoms. The second-order valence-electron chi connectivity index (χ2n) is 5.14. The summed E-state index contributed by atoms with van der Waals surface area (Å²) in [6, 6.07) is 8.04. The quantitative estimate of drug-likeness (QED) is 0.766. The molecule has 0 aromatic heterocycles. The fourth-order valence-electron chi connectivity index (χ4n) is 1.48. The molecule has 0 aliphatic carbocycles. The number of halogens is 1. The molecule has 2 nitrogen and oxygen atoms in total. The Morgan fingerprint density at radius 1 is 1.41 bits per heavy atom. The Balaban J connectivity index is 2.81. The van der Waals surface area contributed by atoms with Crippen molar-refractivity contribution < 1.29 is 4.74 Å². The van der Waals surface area contributed by atoms with E-state index in [9.17, 15) is 0 Å². The topological polar surface area (TPSA) is 33.0 Å².